The van der Waals surface area contributed by atoms with Crippen LogP contribution < -0.4 is 0 Å². The Labute approximate surface area is 181 Å². The van der Waals surface area contributed by atoms with Gasteiger partial charge in [0.05, 0.1) is 16.4 Å². The van der Waals surface area contributed by atoms with Crippen molar-refractivity contribution in [3.63, 3.8) is 0 Å². The summed E-state index contributed by atoms with van der Waals surface area (Å²) in [6.07, 6.45) is 2.89. The van der Waals surface area contributed by atoms with Gasteiger partial charge < -0.3 is 4.57 Å². The van der Waals surface area contributed by atoms with Gasteiger partial charge in [-0.3, -0.25) is 4.79 Å². The Kier molecular flexibility index (Phi) is 6.37. The molecule has 0 unspecified atom stereocenters. The molecule has 28 heavy (non-hydrogen) atoms. The summed E-state index contributed by atoms with van der Waals surface area (Å²) in [6, 6.07) is 9.40. The summed E-state index contributed by atoms with van der Waals surface area (Å²) in [4.78, 5) is 16.2. The van der Waals surface area contributed by atoms with Gasteiger partial charge in [0.2, 0.25) is 0 Å². The summed E-state index contributed by atoms with van der Waals surface area (Å²) in [5.41, 5.74) is 0.823. The fourth-order valence-electron chi connectivity index (χ4n) is 2.60. The number of halogens is 4. The van der Waals surface area contributed by atoms with E-state index in [-0.39, 0.29) is 20.6 Å². The van der Waals surface area contributed by atoms with E-state index in [1.54, 1.807) is 22.8 Å². The van der Waals surface area contributed by atoms with E-state index in [1.807, 2.05) is 0 Å². The van der Waals surface area contributed by atoms with Crippen LogP contribution in [-0.2, 0) is 16.4 Å². The molecule has 1 aromatic heterocycles. The van der Waals surface area contributed by atoms with E-state index in [4.69, 9.17) is 46.4 Å². The minimum atomic E-state index is -4.03. The molecule has 0 N–H and O–H groups in total. The van der Waals surface area contributed by atoms with Crippen molar-refractivity contribution in [3.05, 3.63) is 80.3 Å². The average Bonchev–Trinajstić information content (AvgIpc) is 3.01. The number of aromatic nitrogens is 2. The largest absolute Gasteiger partial charge is 0.332 e. The molecule has 0 spiro atoms. The highest BCUT2D eigenvalue weighted by Gasteiger charge is 2.26. The molecule has 146 valence electrons. The third-order valence-electron chi connectivity index (χ3n) is 3.76. The molecular weight excluding hydrogens is 466 g/mol. The summed E-state index contributed by atoms with van der Waals surface area (Å²) in [5, 5.41) is 0.899. The molecule has 0 bridgehead atoms. The topological polar surface area (TPSA) is 69.0 Å². The third-order valence-corrected chi connectivity index (χ3v) is 6.75. The van der Waals surface area contributed by atoms with Crippen molar-refractivity contribution in [2.24, 2.45) is 0 Å². The predicted octanol–water partition coefficient (Wildman–Crippen LogP) is 5.20. The fraction of sp³-hybridized carbons (Fsp3) is 0.111. The molecule has 0 saturated carbocycles. The first-order chi connectivity index (χ1) is 13.2. The van der Waals surface area contributed by atoms with Crippen LogP contribution in [0.3, 0.4) is 0 Å². The quantitative estimate of drug-likeness (QED) is 0.457. The number of carbonyl (C=O) groups is 1. The van der Waals surface area contributed by atoms with Gasteiger partial charge in [0, 0.05) is 22.8 Å². The smallest absolute Gasteiger partial charge is 0.198 e. The molecule has 0 aliphatic heterocycles. The Bertz CT molecular complexity index is 1120. The van der Waals surface area contributed by atoms with Crippen LogP contribution in [0.15, 0.2) is 53.8 Å². The van der Waals surface area contributed by atoms with E-state index in [2.05, 4.69) is 4.98 Å². The maximum atomic E-state index is 12.6. The SMILES string of the molecule is O=C(CS(=O)(=O)c1c(Cl)cccc1Cl)c1cn(Cc2cc(Cl)cc(Cl)c2)cn1. The summed E-state index contributed by atoms with van der Waals surface area (Å²) in [7, 11) is -4.03. The van der Waals surface area contributed by atoms with Crippen LogP contribution in [0.2, 0.25) is 20.1 Å². The molecule has 10 heteroatoms. The number of ketones is 1. The van der Waals surface area contributed by atoms with Crippen molar-refractivity contribution in [1.29, 1.82) is 0 Å². The van der Waals surface area contributed by atoms with Gasteiger partial charge in [-0.05, 0) is 35.9 Å². The van der Waals surface area contributed by atoms with Crippen LogP contribution in [-0.4, -0.2) is 29.5 Å². The van der Waals surface area contributed by atoms with Gasteiger partial charge in [0.25, 0.3) is 0 Å². The molecule has 0 aliphatic carbocycles. The van der Waals surface area contributed by atoms with Gasteiger partial charge in [-0.2, -0.15) is 0 Å². The second-order valence-corrected chi connectivity index (χ2v) is 9.56. The molecule has 3 aromatic rings. The van der Waals surface area contributed by atoms with Crippen molar-refractivity contribution in [1.82, 2.24) is 9.55 Å². The van der Waals surface area contributed by atoms with Crippen molar-refractivity contribution in [2.75, 3.05) is 5.75 Å². The lowest BCUT2D eigenvalue weighted by atomic mass is 10.2. The van der Waals surface area contributed by atoms with Crippen LogP contribution in [0.1, 0.15) is 16.1 Å². The van der Waals surface area contributed by atoms with Crippen molar-refractivity contribution in [2.45, 2.75) is 11.4 Å². The number of Topliss-reactive ketones (excluding diaryl/α,β-unsaturated/α-hetero) is 1. The Balaban J connectivity index is 1.79. The van der Waals surface area contributed by atoms with Gasteiger partial charge in [-0.1, -0.05) is 52.5 Å². The number of rotatable bonds is 6. The molecule has 3 rings (SSSR count). The van der Waals surface area contributed by atoms with E-state index in [0.29, 0.717) is 16.6 Å². The minimum Gasteiger partial charge on any atom is -0.332 e. The number of benzene rings is 2. The summed E-state index contributed by atoms with van der Waals surface area (Å²) in [6.45, 7) is 0.365. The second kappa shape index (κ2) is 8.43. The lowest BCUT2D eigenvalue weighted by Gasteiger charge is -2.07. The normalized spacial score (nSPS) is 11.6. The molecule has 1 heterocycles. The van der Waals surface area contributed by atoms with E-state index >= 15 is 0 Å². The Morgan fingerprint density at radius 2 is 1.61 bits per heavy atom. The summed E-state index contributed by atoms with van der Waals surface area (Å²) >= 11 is 23.8. The molecule has 0 amide bonds. The molecule has 0 atom stereocenters. The van der Waals surface area contributed by atoms with Gasteiger partial charge in [-0.15, -0.1) is 0 Å². The van der Waals surface area contributed by atoms with Gasteiger partial charge in [-0.25, -0.2) is 13.4 Å². The predicted molar refractivity (Wildman–Crippen MR) is 111 cm³/mol. The summed E-state index contributed by atoms with van der Waals surface area (Å²) < 4.78 is 26.8. The molecule has 0 aliphatic rings. The zero-order chi connectivity index (χ0) is 20.5. The summed E-state index contributed by atoms with van der Waals surface area (Å²) in [5.74, 6) is -1.46. The van der Waals surface area contributed by atoms with Crippen LogP contribution in [0.5, 0.6) is 0 Å². The van der Waals surface area contributed by atoms with E-state index in [0.717, 1.165) is 5.56 Å². The van der Waals surface area contributed by atoms with Crippen LogP contribution in [0.25, 0.3) is 0 Å². The highest BCUT2D eigenvalue weighted by atomic mass is 35.5. The van der Waals surface area contributed by atoms with Crippen molar-refractivity contribution < 1.29 is 13.2 Å². The Hall–Kier alpha value is -1.57. The van der Waals surface area contributed by atoms with E-state index < -0.39 is 21.4 Å². The van der Waals surface area contributed by atoms with Crippen LogP contribution in [0, 0.1) is 0 Å². The molecule has 0 saturated heterocycles. The zero-order valence-corrected chi connectivity index (χ0v) is 17.9. The third kappa shape index (κ3) is 4.88. The molecular formula is C18H12Cl4N2O3S. The number of carbonyl (C=O) groups excluding carboxylic acids is 1. The lowest BCUT2D eigenvalue weighted by molar-refractivity contribution is 0.101. The maximum Gasteiger partial charge on any atom is 0.198 e. The number of hydrogen-bond acceptors (Lipinski definition) is 4. The first kappa shape index (κ1) is 21.1. The Morgan fingerprint density at radius 1 is 1.00 bits per heavy atom. The number of imidazole rings is 1. The first-order valence-corrected chi connectivity index (χ1v) is 11.0. The monoisotopic (exact) mass is 476 g/mol. The van der Waals surface area contributed by atoms with Crippen LogP contribution in [0.4, 0.5) is 0 Å². The molecule has 2 aromatic carbocycles. The van der Waals surface area contributed by atoms with Gasteiger partial charge >= 0.3 is 0 Å². The number of sulfone groups is 1. The Morgan fingerprint density at radius 3 is 2.21 bits per heavy atom. The zero-order valence-electron chi connectivity index (χ0n) is 14.1. The molecule has 0 fully saturated rings. The highest BCUT2D eigenvalue weighted by molar-refractivity contribution is 7.92. The minimum absolute atomic E-state index is 0.0138. The fourth-order valence-corrected chi connectivity index (χ4v) is 5.64. The number of nitrogens with zero attached hydrogens (tertiary/aromatic N) is 2. The second-order valence-electron chi connectivity index (χ2n) is 5.94. The average molecular weight is 478 g/mol. The van der Waals surface area contributed by atoms with E-state index in [1.165, 1.54) is 30.7 Å². The van der Waals surface area contributed by atoms with Crippen molar-refractivity contribution in [3.8, 4) is 0 Å². The molecule has 5 nitrogen and oxygen atoms in total. The van der Waals surface area contributed by atoms with E-state index in [9.17, 15) is 13.2 Å². The van der Waals surface area contributed by atoms with Crippen LogP contribution >= 0.6 is 46.4 Å². The first-order valence-electron chi connectivity index (χ1n) is 7.82. The van der Waals surface area contributed by atoms with Crippen molar-refractivity contribution >= 4 is 62.0 Å². The number of hydrogen-bond donors (Lipinski definition) is 0. The molecule has 0 radical (unpaired) electrons. The lowest BCUT2D eigenvalue weighted by Crippen LogP contribution is -2.17. The van der Waals surface area contributed by atoms with Gasteiger partial charge in [0.15, 0.2) is 15.6 Å². The maximum absolute atomic E-state index is 12.6. The highest BCUT2D eigenvalue weighted by Crippen LogP contribution is 2.30. The van der Waals surface area contributed by atoms with Gasteiger partial charge in [0.1, 0.15) is 16.3 Å². The standard InChI is InChI=1S/C18H12Cl4N2O3S/c19-12-4-11(5-13(20)6-12)7-24-8-16(23-10-24)17(25)9-28(26,27)18-14(21)2-1-3-15(18)22/h1-6,8,10H,7,9H2.